The minimum Gasteiger partial charge on any atom is -0.397 e. The number of piperidine rings is 1. The van der Waals surface area contributed by atoms with Crippen LogP contribution in [-0.2, 0) is 6.42 Å². The highest BCUT2D eigenvalue weighted by molar-refractivity contribution is 7.21. The molecule has 0 radical (unpaired) electrons. The van der Waals surface area contributed by atoms with Gasteiger partial charge in [0, 0.05) is 29.1 Å². The smallest absolute Gasteiger partial charge is 0.266 e. The van der Waals surface area contributed by atoms with Crippen LogP contribution in [0.25, 0.3) is 21.5 Å². The number of thiophene rings is 1. The molecule has 32 heavy (non-hydrogen) atoms. The fraction of sp³-hybridized carbons (Fsp3) is 0.231. The summed E-state index contributed by atoms with van der Waals surface area (Å²) < 4.78 is 0. The predicted molar refractivity (Wildman–Crippen MR) is 133 cm³/mol. The van der Waals surface area contributed by atoms with Gasteiger partial charge in [-0.3, -0.25) is 4.79 Å². The molecule has 4 aromatic rings. The minimum atomic E-state index is 0.0247. The number of rotatable bonds is 4. The molecule has 1 amide bonds. The van der Waals surface area contributed by atoms with Crippen molar-refractivity contribution in [2.45, 2.75) is 19.3 Å². The predicted octanol–water partition coefficient (Wildman–Crippen LogP) is 6.29. The number of hydrogen-bond acceptors (Lipinski definition) is 4. The number of carbonyl (C=O) groups excluding carboxylic acids is 1. The number of amides is 1. The van der Waals surface area contributed by atoms with E-state index in [-0.39, 0.29) is 5.91 Å². The first-order chi connectivity index (χ1) is 15.6. The first-order valence-electron chi connectivity index (χ1n) is 10.9. The van der Waals surface area contributed by atoms with Crippen LogP contribution in [-0.4, -0.2) is 28.9 Å². The number of fused-ring (bicyclic) bond motifs is 1. The Morgan fingerprint density at radius 1 is 1.03 bits per heavy atom. The molecule has 0 atom stereocenters. The number of aromatic nitrogens is 1. The summed E-state index contributed by atoms with van der Waals surface area (Å²) in [7, 11) is 0. The topological polar surface area (TPSA) is 59.2 Å². The average molecular weight is 462 g/mol. The second-order valence-corrected chi connectivity index (χ2v) is 9.76. The van der Waals surface area contributed by atoms with Crippen molar-refractivity contribution in [3.8, 4) is 11.3 Å². The third kappa shape index (κ3) is 4.23. The quantitative estimate of drug-likeness (QED) is 0.388. The van der Waals surface area contributed by atoms with E-state index in [4.69, 9.17) is 22.3 Å². The van der Waals surface area contributed by atoms with Gasteiger partial charge in [0.1, 0.15) is 9.71 Å². The zero-order valence-corrected chi connectivity index (χ0v) is 19.2. The monoisotopic (exact) mass is 461 g/mol. The second kappa shape index (κ2) is 8.93. The van der Waals surface area contributed by atoms with Gasteiger partial charge in [-0.2, -0.15) is 0 Å². The number of pyridine rings is 1. The number of nitrogens with zero attached hydrogens (tertiary/aromatic N) is 2. The molecule has 0 unspecified atom stereocenters. The molecule has 1 aliphatic rings. The van der Waals surface area contributed by atoms with Crippen molar-refractivity contribution in [1.82, 2.24) is 9.88 Å². The van der Waals surface area contributed by atoms with E-state index in [2.05, 4.69) is 24.3 Å². The van der Waals surface area contributed by atoms with Crippen LogP contribution in [0.15, 0.2) is 66.7 Å². The standard InChI is InChI=1S/C26H24ClN3OS/c27-20-8-6-19(7-9-20)22-11-10-21-23(28)24(32-25(21)29-22)26(31)30-14-12-18(13-15-30)16-17-4-2-1-3-5-17/h1-11,18H,12-16,28H2. The highest BCUT2D eigenvalue weighted by Crippen LogP contribution is 2.36. The molecule has 5 rings (SSSR count). The van der Waals surface area contributed by atoms with Crippen LogP contribution in [0.3, 0.4) is 0 Å². The van der Waals surface area contributed by atoms with Gasteiger partial charge in [0.2, 0.25) is 0 Å². The number of anilines is 1. The summed E-state index contributed by atoms with van der Waals surface area (Å²) in [6, 6.07) is 22.1. The van der Waals surface area contributed by atoms with Crippen LogP contribution in [0.2, 0.25) is 5.02 Å². The highest BCUT2D eigenvalue weighted by Gasteiger charge is 2.27. The van der Waals surface area contributed by atoms with Crippen LogP contribution in [0, 0.1) is 5.92 Å². The summed E-state index contributed by atoms with van der Waals surface area (Å²) in [5.74, 6) is 0.640. The van der Waals surface area contributed by atoms with Crippen LogP contribution in [0.5, 0.6) is 0 Å². The van der Waals surface area contributed by atoms with Gasteiger partial charge in [-0.25, -0.2) is 4.98 Å². The molecule has 1 saturated heterocycles. The first-order valence-corrected chi connectivity index (χ1v) is 12.1. The Labute approximate surface area is 196 Å². The Kier molecular flexibility index (Phi) is 5.85. The molecule has 0 spiro atoms. The summed E-state index contributed by atoms with van der Waals surface area (Å²) >= 11 is 7.39. The molecule has 0 bridgehead atoms. The summed E-state index contributed by atoms with van der Waals surface area (Å²) in [6.07, 6.45) is 3.11. The maximum absolute atomic E-state index is 13.3. The molecule has 1 fully saturated rings. The summed E-state index contributed by atoms with van der Waals surface area (Å²) in [6.45, 7) is 1.54. The van der Waals surface area contributed by atoms with Gasteiger partial charge >= 0.3 is 0 Å². The Bertz CT molecular complexity index is 1250. The van der Waals surface area contributed by atoms with Gasteiger partial charge < -0.3 is 10.6 Å². The lowest BCUT2D eigenvalue weighted by atomic mass is 9.90. The van der Waals surface area contributed by atoms with Crippen molar-refractivity contribution >= 4 is 44.7 Å². The van der Waals surface area contributed by atoms with Gasteiger partial charge in [-0.15, -0.1) is 11.3 Å². The molecule has 0 aliphatic carbocycles. The van der Waals surface area contributed by atoms with Crippen LogP contribution >= 0.6 is 22.9 Å². The SMILES string of the molecule is Nc1c(C(=O)N2CCC(Cc3ccccc3)CC2)sc2nc(-c3ccc(Cl)cc3)ccc12. The van der Waals surface area contributed by atoms with E-state index in [0.717, 1.165) is 53.8 Å². The Balaban J connectivity index is 1.31. The average Bonchev–Trinajstić information content (AvgIpc) is 3.16. The number of nitrogens with two attached hydrogens (primary N) is 1. The van der Waals surface area contributed by atoms with E-state index in [1.807, 2.05) is 47.4 Å². The van der Waals surface area contributed by atoms with E-state index in [1.54, 1.807) is 0 Å². The lowest BCUT2D eigenvalue weighted by molar-refractivity contribution is 0.0696. The number of hydrogen-bond donors (Lipinski definition) is 1. The summed E-state index contributed by atoms with van der Waals surface area (Å²) in [4.78, 5) is 21.4. The third-order valence-electron chi connectivity index (χ3n) is 6.20. The second-order valence-electron chi connectivity index (χ2n) is 8.33. The zero-order chi connectivity index (χ0) is 22.1. The molecule has 2 N–H and O–H groups in total. The Morgan fingerprint density at radius 3 is 2.47 bits per heavy atom. The van der Waals surface area contributed by atoms with Crippen LogP contribution < -0.4 is 5.73 Å². The largest absolute Gasteiger partial charge is 0.397 e. The number of halogens is 1. The molecule has 1 aliphatic heterocycles. The van der Waals surface area contributed by atoms with Crippen LogP contribution in [0.4, 0.5) is 5.69 Å². The fourth-order valence-corrected chi connectivity index (χ4v) is 5.56. The van der Waals surface area contributed by atoms with Gasteiger partial charge in [0.25, 0.3) is 5.91 Å². The highest BCUT2D eigenvalue weighted by atomic mass is 35.5. The molecule has 162 valence electrons. The summed E-state index contributed by atoms with van der Waals surface area (Å²) in [5.41, 5.74) is 10.1. The lowest BCUT2D eigenvalue weighted by Gasteiger charge is -2.32. The minimum absolute atomic E-state index is 0.0247. The molecule has 4 nitrogen and oxygen atoms in total. The summed E-state index contributed by atoms with van der Waals surface area (Å²) in [5, 5.41) is 1.53. The lowest BCUT2D eigenvalue weighted by Crippen LogP contribution is -2.38. The molecule has 0 saturated carbocycles. The number of benzene rings is 2. The van der Waals surface area contributed by atoms with Crippen molar-refractivity contribution in [3.05, 3.63) is 82.2 Å². The number of carbonyl (C=O) groups is 1. The first kappa shape index (κ1) is 21.0. The maximum atomic E-state index is 13.3. The molecule has 2 aromatic heterocycles. The van der Waals surface area contributed by atoms with Crippen molar-refractivity contribution in [2.75, 3.05) is 18.8 Å². The Hall–Kier alpha value is -2.89. The molecule has 6 heteroatoms. The molecular formula is C26H24ClN3OS. The molecular weight excluding hydrogens is 438 g/mol. The van der Waals surface area contributed by atoms with E-state index in [9.17, 15) is 4.79 Å². The number of nitrogen functional groups attached to an aromatic ring is 1. The van der Waals surface area contributed by atoms with Crippen molar-refractivity contribution in [1.29, 1.82) is 0 Å². The van der Waals surface area contributed by atoms with Crippen LogP contribution in [0.1, 0.15) is 28.1 Å². The van der Waals surface area contributed by atoms with E-state index in [0.29, 0.717) is 21.5 Å². The number of likely N-dealkylation sites (tertiary alicyclic amines) is 1. The van der Waals surface area contributed by atoms with Crippen molar-refractivity contribution in [3.63, 3.8) is 0 Å². The fourth-order valence-electron chi connectivity index (χ4n) is 4.37. The van der Waals surface area contributed by atoms with Crippen molar-refractivity contribution < 1.29 is 4.79 Å². The third-order valence-corrected chi connectivity index (χ3v) is 7.55. The van der Waals surface area contributed by atoms with Gasteiger partial charge in [0.15, 0.2) is 0 Å². The van der Waals surface area contributed by atoms with E-state index in [1.165, 1.54) is 16.9 Å². The molecule has 2 aromatic carbocycles. The normalized spacial score (nSPS) is 14.7. The van der Waals surface area contributed by atoms with E-state index < -0.39 is 0 Å². The van der Waals surface area contributed by atoms with Gasteiger partial charge in [0.05, 0.1) is 11.4 Å². The van der Waals surface area contributed by atoms with Crippen molar-refractivity contribution in [2.24, 2.45) is 5.92 Å². The van der Waals surface area contributed by atoms with Gasteiger partial charge in [-0.05, 0) is 55.0 Å². The molecule has 3 heterocycles. The maximum Gasteiger partial charge on any atom is 0.266 e. The zero-order valence-electron chi connectivity index (χ0n) is 17.6. The van der Waals surface area contributed by atoms with E-state index >= 15 is 0 Å². The van der Waals surface area contributed by atoms with Gasteiger partial charge in [-0.1, -0.05) is 54.1 Å². The Morgan fingerprint density at radius 2 is 1.75 bits per heavy atom.